The molecule has 3 nitrogen and oxygen atoms in total. The Balaban J connectivity index is 2.00. The lowest BCUT2D eigenvalue weighted by Crippen LogP contribution is -2.50. The van der Waals surface area contributed by atoms with Crippen LogP contribution in [0.15, 0.2) is 0 Å². The fourth-order valence-electron chi connectivity index (χ4n) is 2.62. The molecule has 0 radical (unpaired) electrons. The van der Waals surface area contributed by atoms with E-state index in [1.807, 2.05) is 6.92 Å². The molecule has 0 N–H and O–H groups in total. The number of nitrogens with zero attached hydrogens (tertiary/aromatic N) is 1. The van der Waals surface area contributed by atoms with Gasteiger partial charge in [-0.25, -0.2) is 0 Å². The van der Waals surface area contributed by atoms with E-state index in [4.69, 9.17) is 9.47 Å². The van der Waals surface area contributed by atoms with Gasteiger partial charge in [-0.1, -0.05) is 0 Å². The van der Waals surface area contributed by atoms with Gasteiger partial charge in [0.1, 0.15) is 12.1 Å². The first-order chi connectivity index (χ1) is 6.09. The topological polar surface area (TPSA) is 18.5 Å². The Morgan fingerprint density at radius 2 is 2.08 bits per heavy atom. The third-order valence-corrected chi connectivity index (χ3v) is 3.42. The maximum absolute atomic E-state index is 5.74. The first-order valence-electron chi connectivity index (χ1n) is 5.19. The first kappa shape index (κ1) is 9.44. The minimum atomic E-state index is 0.00519. The van der Waals surface area contributed by atoms with Gasteiger partial charge < -0.3 is 14.0 Å². The van der Waals surface area contributed by atoms with Crippen molar-refractivity contribution < 1.29 is 14.0 Å². The molecular weight excluding hydrogens is 166 g/mol. The van der Waals surface area contributed by atoms with E-state index in [1.165, 1.54) is 19.4 Å². The normalized spacial score (nSPS) is 44.1. The Morgan fingerprint density at radius 1 is 1.31 bits per heavy atom. The Labute approximate surface area is 80.2 Å². The average molecular weight is 186 g/mol. The second kappa shape index (κ2) is 3.23. The van der Waals surface area contributed by atoms with Crippen molar-refractivity contribution in [2.75, 3.05) is 27.2 Å². The van der Waals surface area contributed by atoms with Crippen LogP contribution >= 0.6 is 0 Å². The number of hydrogen-bond acceptors (Lipinski definition) is 2. The van der Waals surface area contributed by atoms with Crippen molar-refractivity contribution in [3.05, 3.63) is 0 Å². The van der Waals surface area contributed by atoms with Crippen molar-refractivity contribution in [3.8, 4) is 0 Å². The summed E-state index contributed by atoms with van der Waals surface area (Å²) in [7, 11) is 4.59. The molecule has 0 saturated carbocycles. The van der Waals surface area contributed by atoms with Crippen molar-refractivity contribution in [1.82, 2.24) is 0 Å². The van der Waals surface area contributed by atoms with Crippen molar-refractivity contribution in [1.29, 1.82) is 0 Å². The second-order valence-corrected chi connectivity index (χ2v) is 4.79. The van der Waals surface area contributed by atoms with Crippen LogP contribution in [0.25, 0.3) is 0 Å². The molecule has 0 bridgehead atoms. The third kappa shape index (κ3) is 1.73. The summed E-state index contributed by atoms with van der Waals surface area (Å²) in [5.74, 6) is 0. The van der Waals surface area contributed by atoms with E-state index in [1.54, 1.807) is 0 Å². The summed E-state index contributed by atoms with van der Waals surface area (Å²) >= 11 is 0. The molecule has 2 heterocycles. The molecule has 13 heavy (non-hydrogen) atoms. The van der Waals surface area contributed by atoms with Gasteiger partial charge in [0.05, 0.1) is 27.2 Å². The average Bonchev–Trinajstić information content (AvgIpc) is 2.56. The van der Waals surface area contributed by atoms with E-state index < -0.39 is 0 Å². The minimum Gasteiger partial charge on any atom is -0.350 e. The fourth-order valence-corrected chi connectivity index (χ4v) is 2.62. The Hall–Kier alpha value is -0.120. The molecule has 0 amide bonds. The summed E-state index contributed by atoms with van der Waals surface area (Å²) in [4.78, 5) is 0. The van der Waals surface area contributed by atoms with Crippen LogP contribution in [0.5, 0.6) is 0 Å². The van der Waals surface area contributed by atoms with Gasteiger partial charge in [0.25, 0.3) is 0 Å². The molecule has 2 fully saturated rings. The second-order valence-electron chi connectivity index (χ2n) is 4.79. The highest BCUT2D eigenvalue weighted by molar-refractivity contribution is 4.78. The van der Waals surface area contributed by atoms with E-state index in [0.29, 0.717) is 12.1 Å². The number of ether oxygens (including phenoxy) is 2. The summed E-state index contributed by atoms with van der Waals surface area (Å²) in [5.41, 5.74) is 0. The number of likely N-dealkylation sites (N-methyl/N-ethyl adjacent to an activating group) is 1. The summed E-state index contributed by atoms with van der Waals surface area (Å²) in [5, 5.41) is 0. The third-order valence-electron chi connectivity index (χ3n) is 3.42. The molecule has 0 aromatic carbocycles. The highest BCUT2D eigenvalue weighted by Crippen LogP contribution is 2.29. The molecule has 0 aliphatic carbocycles. The van der Waals surface area contributed by atoms with Gasteiger partial charge in [0, 0.05) is 12.8 Å². The predicted molar refractivity (Wildman–Crippen MR) is 50.3 cm³/mol. The lowest BCUT2D eigenvalue weighted by Gasteiger charge is -2.34. The van der Waals surface area contributed by atoms with Crippen LogP contribution in [0.3, 0.4) is 0 Å². The monoisotopic (exact) mass is 186 g/mol. The molecule has 3 atom stereocenters. The van der Waals surface area contributed by atoms with E-state index in [9.17, 15) is 0 Å². The largest absolute Gasteiger partial charge is 0.350 e. The molecule has 2 saturated heterocycles. The summed E-state index contributed by atoms with van der Waals surface area (Å²) in [6.07, 6.45) is 2.94. The Morgan fingerprint density at radius 3 is 2.54 bits per heavy atom. The van der Waals surface area contributed by atoms with Crippen LogP contribution in [0.2, 0.25) is 0 Å². The van der Waals surface area contributed by atoms with Crippen molar-refractivity contribution in [3.63, 3.8) is 0 Å². The smallest absolute Gasteiger partial charge is 0.155 e. The minimum absolute atomic E-state index is 0.00519. The van der Waals surface area contributed by atoms with Gasteiger partial charge in [-0.05, 0) is 6.92 Å². The summed E-state index contributed by atoms with van der Waals surface area (Å²) < 4.78 is 12.3. The molecule has 3 heteroatoms. The van der Waals surface area contributed by atoms with Crippen molar-refractivity contribution in [2.45, 2.75) is 38.2 Å². The highest BCUT2D eigenvalue weighted by Gasteiger charge is 2.43. The highest BCUT2D eigenvalue weighted by atomic mass is 16.7. The maximum atomic E-state index is 5.74. The van der Waals surface area contributed by atoms with E-state index in [2.05, 4.69) is 14.1 Å². The van der Waals surface area contributed by atoms with Crippen LogP contribution < -0.4 is 0 Å². The quantitative estimate of drug-likeness (QED) is 0.568. The summed E-state index contributed by atoms with van der Waals surface area (Å²) in [6, 6.07) is 0.643. The SMILES string of the molecule is C[C@H]1OC[C@@H]([C@H]2CCC[N+]2(C)C)O1. The van der Waals surface area contributed by atoms with Crippen LogP contribution in [0.4, 0.5) is 0 Å². The number of rotatable bonds is 1. The van der Waals surface area contributed by atoms with Crippen molar-refractivity contribution >= 4 is 0 Å². The lowest BCUT2D eigenvalue weighted by atomic mass is 10.1. The van der Waals surface area contributed by atoms with Gasteiger partial charge in [0.15, 0.2) is 6.29 Å². The van der Waals surface area contributed by atoms with Crippen LogP contribution in [-0.2, 0) is 9.47 Å². The number of quaternary nitrogens is 1. The standard InChI is InChI=1S/C10H20NO2/c1-8-12-7-10(13-8)9-5-4-6-11(9,2)3/h8-10H,4-7H2,1-3H3/q+1/t8-,9+,10-/m0/s1. The maximum Gasteiger partial charge on any atom is 0.155 e. The summed E-state index contributed by atoms with van der Waals surface area (Å²) in [6.45, 7) is 4.04. The van der Waals surface area contributed by atoms with Gasteiger partial charge in [-0.3, -0.25) is 0 Å². The zero-order valence-electron chi connectivity index (χ0n) is 8.82. The molecule has 0 aromatic rings. The molecule has 2 aliphatic heterocycles. The van der Waals surface area contributed by atoms with Crippen molar-refractivity contribution in [2.24, 2.45) is 0 Å². The van der Waals surface area contributed by atoms with E-state index in [0.717, 1.165) is 11.1 Å². The van der Waals surface area contributed by atoms with Crippen LogP contribution in [-0.4, -0.2) is 50.2 Å². The molecule has 0 unspecified atom stereocenters. The van der Waals surface area contributed by atoms with E-state index in [-0.39, 0.29) is 6.29 Å². The van der Waals surface area contributed by atoms with Gasteiger partial charge in [-0.15, -0.1) is 0 Å². The number of likely N-dealkylation sites (tertiary alicyclic amines) is 1. The van der Waals surface area contributed by atoms with Crippen LogP contribution in [0, 0.1) is 0 Å². The molecule has 0 spiro atoms. The fraction of sp³-hybridized carbons (Fsp3) is 1.00. The van der Waals surface area contributed by atoms with Gasteiger partial charge in [-0.2, -0.15) is 0 Å². The molecule has 2 rings (SSSR count). The zero-order valence-corrected chi connectivity index (χ0v) is 8.82. The van der Waals surface area contributed by atoms with Gasteiger partial charge >= 0.3 is 0 Å². The molecular formula is C10H20NO2+. The molecule has 76 valence electrons. The molecule has 2 aliphatic rings. The van der Waals surface area contributed by atoms with Crippen LogP contribution in [0.1, 0.15) is 19.8 Å². The lowest BCUT2D eigenvalue weighted by molar-refractivity contribution is -0.905. The van der Waals surface area contributed by atoms with Gasteiger partial charge in [0.2, 0.25) is 0 Å². The Kier molecular flexibility index (Phi) is 2.34. The first-order valence-corrected chi connectivity index (χ1v) is 5.19. The predicted octanol–water partition coefficient (Wildman–Crippen LogP) is 0.987. The van der Waals surface area contributed by atoms with E-state index >= 15 is 0 Å². The number of hydrogen-bond donors (Lipinski definition) is 0. The Bertz CT molecular complexity index is 193. The zero-order chi connectivity index (χ0) is 9.47. The molecule has 0 aromatic heterocycles.